The molecule has 0 aromatic heterocycles. The molecule has 0 bridgehead atoms. The fraction of sp³-hybridized carbons (Fsp3) is 0.176. The SMILES string of the molecule is CCOC(=O)C(NC(=O)c1c(I)cc(I)c(I)c1I)c1ccccc1. The van der Waals surface area contributed by atoms with Crippen molar-refractivity contribution in [3.8, 4) is 0 Å². The zero-order valence-electron chi connectivity index (χ0n) is 13.0. The standard InChI is InChI=1S/C17H13I4NO3/c1-2-25-17(24)15(9-6-4-3-5-7-9)22-16(23)12-10(18)8-11(19)13(20)14(12)21/h3-8,15H,2H2,1H3,(H,22,23). The van der Waals surface area contributed by atoms with Crippen LogP contribution in [0.1, 0.15) is 28.9 Å². The molecule has 2 aromatic rings. The monoisotopic (exact) mass is 787 g/mol. The van der Waals surface area contributed by atoms with Gasteiger partial charge in [0, 0.05) is 14.3 Å². The zero-order valence-corrected chi connectivity index (χ0v) is 21.6. The Morgan fingerprint density at radius 3 is 2.28 bits per heavy atom. The summed E-state index contributed by atoms with van der Waals surface area (Å²) >= 11 is 8.80. The number of halogens is 4. The van der Waals surface area contributed by atoms with Crippen molar-refractivity contribution in [2.24, 2.45) is 0 Å². The lowest BCUT2D eigenvalue weighted by molar-refractivity contribution is -0.145. The molecule has 1 amide bonds. The number of rotatable bonds is 5. The number of benzene rings is 2. The number of amides is 1. The van der Waals surface area contributed by atoms with Crippen LogP contribution in [0.3, 0.4) is 0 Å². The predicted octanol–water partition coefficient (Wildman–Crippen LogP) is 5.14. The molecule has 132 valence electrons. The fourth-order valence-corrected chi connectivity index (χ4v) is 6.41. The van der Waals surface area contributed by atoms with Crippen molar-refractivity contribution in [3.05, 3.63) is 61.8 Å². The fourth-order valence-electron chi connectivity index (χ4n) is 2.13. The Kier molecular flexibility index (Phi) is 8.65. The van der Waals surface area contributed by atoms with E-state index < -0.39 is 12.0 Å². The van der Waals surface area contributed by atoms with Crippen LogP contribution in [0.2, 0.25) is 0 Å². The molecule has 0 radical (unpaired) electrons. The summed E-state index contributed by atoms with van der Waals surface area (Å²) in [6.45, 7) is 2.00. The van der Waals surface area contributed by atoms with Crippen LogP contribution in [0.4, 0.5) is 0 Å². The number of esters is 1. The van der Waals surface area contributed by atoms with Gasteiger partial charge in [0.1, 0.15) is 0 Å². The highest BCUT2D eigenvalue weighted by atomic mass is 127. The van der Waals surface area contributed by atoms with Crippen molar-refractivity contribution in [1.82, 2.24) is 5.32 Å². The van der Waals surface area contributed by atoms with Crippen molar-refractivity contribution in [2.45, 2.75) is 13.0 Å². The van der Waals surface area contributed by atoms with E-state index in [0.29, 0.717) is 11.1 Å². The molecule has 4 nitrogen and oxygen atoms in total. The van der Waals surface area contributed by atoms with E-state index in [1.54, 1.807) is 19.1 Å². The topological polar surface area (TPSA) is 55.4 Å². The number of nitrogens with one attached hydrogen (secondary N) is 1. The summed E-state index contributed by atoms with van der Waals surface area (Å²) in [6.07, 6.45) is 0. The molecule has 8 heteroatoms. The molecule has 1 unspecified atom stereocenters. The van der Waals surface area contributed by atoms with Crippen molar-refractivity contribution >= 4 is 102 Å². The molecule has 1 atom stereocenters. The van der Waals surface area contributed by atoms with Gasteiger partial charge in [-0.1, -0.05) is 30.3 Å². The molecule has 0 fully saturated rings. The maximum atomic E-state index is 12.9. The van der Waals surface area contributed by atoms with E-state index in [1.165, 1.54) is 0 Å². The predicted molar refractivity (Wildman–Crippen MR) is 131 cm³/mol. The summed E-state index contributed by atoms with van der Waals surface area (Å²) < 4.78 is 8.98. The molecule has 1 N–H and O–H groups in total. The number of carbonyl (C=O) groups is 2. The largest absolute Gasteiger partial charge is 0.464 e. The van der Waals surface area contributed by atoms with Gasteiger partial charge in [0.25, 0.3) is 5.91 Å². The third kappa shape index (κ3) is 5.40. The van der Waals surface area contributed by atoms with Gasteiger partial charge in [-0.25, -0.2) is 4.79 Å². The Morgan fingerprint density at radius 1 is 1.04 bits per heavy atom. The van der Waals surface area contributed by atoms with Gasteiger partial charge in [-0.05, 0) is 109 Å². The first-order chi connectivity index (χ1) is 11.9. The molecule has 0 aliphatic heterocycles. The summed E-state index contributed by atoms with van der Waals surface area (Å²) in [4.78, 5) is 25.3. The molecule has 0 heterocycles. The van der Waals surface area contributed by atoms with Crippen LogP contribution in [-0.2, 0) is 9.53 Å². The van der Waals surface area contributed by atoms with Crippen LogP contribution >= 0.6 is 90.4 Å². The van der Waals surface area contributed by atoms with Crippen molar-refractivity contribution in [3.63, 3.8) is 0 Å². The zero-order chi connectivity index (χ0) is 18.6. The Bertz CT molecular complexity index is 796. The Labute approximate surface area is 200 Å². The highest BCUT2D eigenvalue weighted by molar-refractivity contribution is 14.1. The van der Waals surface area contributed by atoms with E-state index in [-0.39, 0.29) is 12.5 Å². The molecular formula is C17H13I4NO3. The highest BCUT2D eigenvalue weighted by Crippen LogP contribution is 2.29. The van der Waals surface area contributed by atoms with Gasteiger partial charge in [-0.3, -0.25) is 4.79 Å². The van der Waals surface area contributed by atoms with E-state index in [1.807, 2.05) is 24.3 Å². The number of carbonyl (C=O) groups excluding carboxylic acids is 2. The average Bonchev–Trinajstić information content (AvgIpc) is 2.58. The second-order valence-electron chi connectivity index (χ2n) is 4.91. The van der Waals surface area contributed by atoms with Crippen LogP contribution in [0.15, 0.2) is 36.4 Å². The quantitative estimate of drug-likeness (QED) is 0.198. The summed E-state index contributed by atoms with van der Waals surface area (Å²) in [6, 6.07) is 10.2. The molecular weight excluding hydrogens is 774 g/mol. The van der Waals surface area contributed by atoms with Crippen molar-refractivity contribution in [1.29, 1.82) is 0 Å². The maximum absolute atomic E-state index is 12.9. The van der Waals surface area contributed by atoms with Gasteiger partial charge >= 0.3 is 5.97 Å². The molecule has 2 aromatic carbocycles. The van der Waals surface area contributed by atoms with Crippen molar-refractivity contribution in [2.75, 3.05) is 6.61 Å². The van der Waals surface area contributed by atoms with Gasteiger partial charge in [-0.2, -0.15) is 0 Å². The van der Waals surface area contributed by atoms with Crippen LogP contribution in [-0.4, -0.2) is 18.5 Å². The van der Waals surface area contributed by atoms with Crippen LogP contribution in [0.5, 0.6) is 0 Å². The van der Waals surface area contributed by atoms with E-state index >= 15 is 0 Å². The summed E-state index contributed by atoms with van der Waals surface area (Å²) in [5, 5.41) is 2.83. The van der Waals surface area contributed by atoms with Gasteiger partial charge in [0.05, 0.1) is 12.2 Å². The summed E-state index contributed by atoms with van der Waals surface area (Å²) in [5.74, 6) is -0.753. The third-order valence-electron chi connectivity index (χ3n) is 3.27. The Hall–Kier alpha value is 0.300. The van der Waals surface area contributed by atoms with Gasteiger partial charge in [0.15, 0.2) is 6.04 Å². The highest BCUT2D eigenvalue weighted by Gasteiger charge is 2.27. The van der Waals surface area contributed by atoms with E-state index in [0.717, 1.165) is 14.3 Å². The molecule has 0 spiro atoms. The lowest BCUT2D eigenvalue weighted by Gasteiger charge is -2.19. The van der Waals surface area contributed by atoms with E-state index in [4.69, 9.17) is 4.74 Å². The van der Waals surface area contributed by atoms with Crippen molar-refractivity contribution < 1.29 is 14.3 Å². The normalized spacial score (nSPS) is 11.7. The molecule has 2 rings (SSSR count). The smallest absolute Gasteiger partial charge is 0.333 e. The molecule has 0 saturated carbocycles. The lowest BCUT2D eigenvalue weighted by Crippen LogP contribution is -2.36. The first-order valence-electron chi connectivity index (χ1n) is 7.22. The summed E-state index contributed by atoms with van der Waals surface area (Å²) in [7, 11) is 0. The van der Waals surface area contributed by atoms with E-state index in [2.05, 4.69) is 95.7 Å². The number of hydrogen-bond acceptors (Lipinski definition) is 3. The van der Waals surface area contributed by atoms with Crippen LogP contribution in [0.25, 0.3) is 0 Å². The average molecular weight is 787 g/mol. The van der Waals surface area contributed by atoms with Crippen LogP contribution in [0, 0.1) is 14.3 Å². The van der Waals surface area contributed by atoms with Crippen LogP contribution < -0.4 is 5.32 Å². The molecule has 0 aliphatic rings. The summed E-state index contributed by atoms with van der Waals surface area (Å²) in [5.41, 5.74) is 1.27. The minimum absolute atomic E-state index is 0.258. The van der Waals surface area contributed by atoms with Gasteiger partial charge < -0.3 is 10.1 Å². The maximum Gasteiger partial charge on any atom is 0.333 e. The Morgan fingerprint density at radius 2 is 1.68 bits per heavy atom. The minimum atomic E-state index is -0.836. The van der Waals surface area contributed by atoms with Gasteiger partial charge in [-0.15, -0.1) is 0 Å². The molecule has 25 heavy (non-hydrogen) atoms. The van der Waals surface area contributed by atoms with Gasteiger partial charge in [0.2, 0.25) is 0 Å². The third-order valence-corrected chi connectivity index (χ3v) is 9.24. The second kappa shape index (κ2) is 10.0. The molecule has 0 saturated heterocycles. The number of hydrogen-bond donors (Lipinski definition) is 1. The molecule has 0 aliphatic carbocycles. The number of ether oxygens (including phenoxy) is 1. The first-order valence-corrected chi connectivity index (χ1v) is 11.5. The first kappa shape index (κ1) is 21.6. The second-order valence-corrected chi connectivity index (χ2v) is 9.39. The van der Waals surface area contributed by atoms with E-state index in [9.17, 15) is 9.59 Å². The lowest BCUT2D eigenvalue weighted by atomic mass is 10.1. The minimum Gasteiger partial charge on any atom is -0.464 e. The Balaban J connectivity index is 2.38.